The van der Waals surface area contributed by atoms with Crippen molar-refractivity contribution < 1.29 is 9.26 Å². The fourth-order valence-corrected chi connectivity index (χ4v) is 4.00. The molecule has 0 fully saturated rings. The molecule has 3 aromatic rings. The van der Waals surface area contributed by atoms with E-state index in [1.54, 1.807) is 7.11 Å². The Kier molecular flexibility index (Phi) is 4.70. The van der Waals surface area contributed by atoms with Crippen molar-refractivity contribution in [1.29, 1.82) is 0 Å². The lowest BCUT2D eigenvalue weighted by molar-refractivity contribution is 0.409. The summed E-state index contributed by atoms with van der Waals surface area (Å²) in [5.41, 5.74) is 2.67. The van der Waals surface area contributed by atoms with Gasteiger partial charge in [-0.2, -0.15) is 0 Å². The lowest BCUT2D eigenvalue weighted by Crippen LogP contribution is -1.87. The van der Waals surface area contributed by atoms with Crippen LogP contribution in [0, 0.1) is 0 Å². The molecule has 0 aliphatic carbocycles. The molecule has 0 saturated heterocycles. The van der Waals surface area contributed by atoms with Gasteiger partial charge in [-0.25, -0.2) is 0 Å². The molecule has 0 saturated carbocycles. The largest absolute Gasteiger partial charge is 0.494 e. The zero-order valence-electron chi connectivity index (χ0n) is 11.4. The van der Waals surface area contributed by atoms with Crippen molar-refractivity contribution in [3.8, 4) is 28.3 Å². The molecule has 0 radical (unpaired) electrons. The molecule has 0 amide bonds. The smallest absolute Gasteiger partial charge is 0.167 e. The van der Waals surface area contributed by atoms with E-state index >= 15 is 0 Å². The monoisotopic (exact) mass is 485 g/mol. The Morgan fingerprint density at radius 1 is 0.955 bits per heavy atom. The molecule has 0 N–H and O–H groups in total. The van der Waals surface area contributed by atoms with Gasteiger partial charge in [-0.05, 0) is 56.1 Å². The molecule has 3 rings (SSSR count). The number of ether oxygens (including phenoxy) is 1. The topological polar surface area (TPSA) is 35.3 Å². The average Bonchev–Trinajstić information content (AvgIpc) is 2.97. The SMILES string of the molecule is COc1c(Br)cc(-c2cc(-c3cccc(Br)c3)on2)cc1Br. The molecule has 0 atom stereocenters. The summed E-state index contributed by atoms with van der Waals surface area (Å²) >= 11 is 10.5. The second-order valence-electron chi connectivity index (χ2n) is 4.56. The third-order valence-electron chi connectivity index (χ3n) is 3.12. The van der Waals surface area contributed by atoms with Crippen LogP contribution < -0.4 is 4.74 Å². The second-order valence-corrected chi connectivity index (χ2v) is 7.18. The Bertz CT molecular complexity index is 807. The number of rotatable bonds is 3. The van der Waals surface area contributed by atoms with Crippen LogP contribution in [0.1, 0.15) is 0 Å². The van der Waals surface area contributed by atoms with Crippen LogP contribution in [0.5, 0.6) is 5.75 Å². The van der Waals surface area contributed by atoms with E-state index < -0.39 is 0 Å². The van der Waals surface area contributed by atoms with Gasteiger partial charge < -0.3 is 9.26 Å². The van der Waals surface area contributed by atoms with Gasteiger partial charge in [0.15, 0.2) is 5.76 Å². The van der Waals surface area contributed by atoms with Crippen LogP contribution in [0.4, 0.5) is 0 Å². The first-order valence-corrected chi connectivity index (χ1v) is 8.72. The minimum Gasteiger partial charge on any atom is -0.494 e. The first kappa shape index (κ1) is 15.8. The van der Waals surface area contributed by atoms with Gasteiger partial charge in [-0.3, -0.25) is 0 Å². The van der Waals surface area contributed by atoms with Crippen molar-refractivity contribution in [3.05, 3.63) is 55.9 Å². The number of aromatic nitrogens is 1. The Morgan fingerprint density at radius 3 is 2.32 bits per heavy atom. The first-order valence-electron chi connectivity index (χ1n) is 6.34. The van der Waals surface area contributed by atoms with Crippen molar-refractivity contribution in [1.82, 2.24) is 5.16 Å². The van der Waals surface area contributed by atoms with Gasteiger partial charge in [0, 0.05) is 21.7 Å². The van der Waals surface area contributed by atoms with E-state index in [2.05, 4.69) is 52.9 Å². The van der Waals surface area contributed by atoms with Gasteiger partial charge in [0.1, 0.15) is 11.4 Å². The van der Waals surface area contributed by atoms with Crippen LogP contribution in [-0.2, 0) is 0 Å². The zero-order valence-corrected chi connectivity index (χ0v) is 16.2. The fraction of sp³-hybridized carbons (Fsp3) is 0.0625. The van der Waals surface area contributed by atoms with Gasteiger partial charge in [0.25, 0.3) is 0 Å². The zero-order chi connectivity index (χ0) is 15.7. The van der Waals surface area contributed by atoms with Crippen molar-refractivity contribution >= 4 is 47.8 Å². The third-order valence-corrected chi connectivity index (χ3v) is 4.79. The third kappa shape index (κ3) is 3.14. The van der Waals surface area contributed by atoms with Gasteiger partial charge >= 0.3 is 0 Å². The maximum atomic E-state index is 5.46. The molecule has 2 aromatic carbocycles. The van der Waals surface area contributed by atoms with Crippen molar-refractivity contribution in [2.75, 3.05) is 7.11 Å². The number of hydrogen-bond acceptors (Lipinski definition) is 3. The molecule has 6 heteroatoms. The predicted octanol–water partition coefficient (Wildman–Crippen LogP) is 6.30. The maximum Gasteiger partial charge on any atom is 0.167 e. The summed E-state index contributed by atoms with van der Waals surface area (Å²) in [5, 5.41) is 4.16. The molecule has 0 spiro atoms. The Morgan fingerprint density at radius 2 is 1.68 bits per heavy atom. The molecule has 22 heavy (non-hydrogen) atoms. The summed E-state index contributed by atoms with van der Waals surface area (Å²) in [4.78, 5) is 0. The molecule has 1 aromatic heterocycles. The van der Waals surface area contributed by atoms with Gasteiger partial charge in [-0.1, -0.05) is 33.2 Å². The minimum absolute atomic E-state index is 0.722. The number of hydrogen-bond donors (Lipinski definition) is 0. The maximum absolute atomic E-state index is 5.46. The van der Waals surface area contributed by atoms with E-state index in [4.69, 9.17) is 9.26 Å². The molecule has 112 valence electrons. The molecule has 0 unspecified atom stereocenters. The fourth-order valence-electron chi connectivity index (χ4n) is 2.09. The summed E-state index contributed by atoms with van der Waals surface area (Å²) in [6.45, 7) is 0. The Hall–Kier alpha value is -1.11. The summed E-state index contributed by atoms with van der Waals surface area (Å²) < 4.78 is 13.5. The number of halogens is 3. The molecule has 0 aliphatic rings. The van der Waals surface area contributed by atoms with Crippen LogP contribution in [0.15, 0.2) is 60.4 Å². The number of benzene rings is 2. The molecule has 0 bridgehead atoms. The van der Waals surface area contributed by atoms with Crippen LogP contribution in [0.25, 0.3) is 22.6 Å². The van der Waals surface area contributed by atoms with E-state index in [1.165, 1.54) is 0 Å². The van der Waals surface area contributed by atoms with Crippen LogP contribution in [-0.4, -0.2) is 12.3 Å². The summed E-state index contributed by atoms with van der Waals surface area (Å²) in [5.74, 6) is 1.47. The molecule has 0 aliphatic heterocycles. The lowest BCUT2D eigenvalue weighted by atomic mass is 10.1. The van der Waals surface area contributed by atoms with Crippen molar-refractivity contribution in [3.63, 3.8) is 0 Å². The van der Waals surface area contributed by atoms with Gasteiger partial charge in [-0.15, -0.1) is 0 Å². The molecule has 3 nitrogen and oxygen atoms in total. The number of nitrogens with zero attached hydrogens (tertiary/aromatic N) is 1. The van der Waals surface area contributed by atoms with Crippen LogP contribution >= 0.6 is 47.8 Å². The molecular weight excluding hydrogens is 478 g/mol. The van der Waals surface area contributed by atoms with Gasteiger partial charge in [0.05, 0.1) is 16.1 Å². The highest BCUT2D eigenvalue weighted by Gasteiger charge is 2.13. The summed E-state index contributed by atoms with van der Waals surface area (Å²) in [6.07, 6.45) is 0. The lowest BCUT2D eigenvalue weighted by Gasteiger charge is -2.07. The van der Waals surface area contributed by atoms with E-state index in [0.717, 1.165) is 41.7 Å². The summed E-state index contributed by atoms with van der Waals surface area (Å²) in [6, 6.07) is 13.7. The standard InChI is InChI=1S/C16H10Br3NO2/c1-21-16-12(18)6-10(7-13(16)19)14-8-15(22-20-14)9-3-2-4-11(17)5-9/h2-8H,1H3. The normalized spacial score (nSPS) is 10.7. The van der Waals surface area contributed by atoms with Crippen LogP contribution in [0.2, 0.25) is 0 Å². The molecule has 1 heterocycles. The van der Waals surface area contributed by atoms with E-state index in [9.17, 15) is 0 Å². The van der Waals surface area contributed by atoms with Crippen LogP contribution in [0.3, 0.4) is 0 Å². The first-order chi connectivity index (χ1) is 10.6. The van der Waals surface area contributed by atoms with Crippen molar-refractivity contribution in [2.24, 2.45) is 0 Å². The number of methoxy groups -OCH3 is 1. The average molecular weight is 488 g/mol. The molecular formula is C16H10Br3NO2. The minimum atomic E-state index is 0.722. The summed E-state index contributed by atoms with van der Waals surface area (Å²) in [7, 11) is 1.63. The highest BCUT2D eigenvalue weighted by atomic mass is 79.9. The highest BCUT2D eigenvalue weighted by Crippen LogP contribution is 2.38. The van der Waals surface area contributed by atoms with E-state index in [1.807, 2.05) is 42.5 Å². The quantitative estimate of drug-likeness (QED) is 0.434. The Balaban J connectivity index is 2.01. The highest BCUT2D eigenvalue weighted by molar-refractivity contribution is 9.11. The van der Waals surface area contributed by atoms with Crippen molar-refractivity contribution in [2.45, 2.75) is 0 Å². The van der Waals surface area contributed by atoms with Gasteiger partial charge in [0.2, 0.25) is 0 Å². The van der Waals surface area contributed by atoms with E-state index in [-0.39, 0.29) is 0 Å². The predicted molar refractivity (Wildman–Crippen MR) is 97.0 cm³/mol. The second kappa shape index (κ2) is 6.56. The Labute approximate surface area is 153 Å². The van der Waals surface area contributed by atoms with E-state index in [0.29, 0.717) is 0 Å².